The molecule has 0 aromatic heterocycles. The topological polar surface area (TPSA) is 49.5 Å². The summed E-state index contributed by atoms with van der Waals surface area (Å²) in [5, 5.41) is 9.28. The maximum absolute atomic E-state index is 9.28. The molecule has 0 saturated carbocycles. The van der Waals surface area contributed by atoms with Gasteiger partial charge in [-0.05, 0) is 37.3 Å². The van der Waals surface area contributed by atoms with E-state index in [1.165, 1.54) is 11.3 Å². The van der Waals surface area contributed by atoms with Crippen molar-refractivity contribution in [1.29, 1.82) is 0 Å². The molecular formula is C14H22N2O. The Morgan fingerprint density at radius 1 is 1.47 bits per heavy atom. The molecule has 1 heterocycles. The van der Waals surface area contributed by atoms with Crippen LogP contribution in [0.4, 0.5) is 5.69 Å². The first-order chi connectivity index (χ1) is 8.22. The van der Waals surface area contributed by atoms with E-state index in [0.29, 0.717) is 5.92 Å². The fourth-order valence-corrected chi connectivity index (χ4v) is 2.59. The van der Waals surface area contributed by atoms with Crippen molar-refractivity contribution >= 4 is 5.69 Å². The van der Waals surface area contributed by atoms with Crippen molar-refractivity contribution in [1.82, 2.24) is 0 Å². The van der Waals surface area contributed by atoms with E-state index in [-0.39, 0.29) is 12.6 Å². The van der Waals surface area contributed by atoms with Crippen molar-refractivity contribution in [2.75, 3.05) is 24.6 Å². The quantitative estimate of drug-likeness (QED) is 0.840. The summed E-state index contributed by atoms with van der Waals surface area (Å²) in [7, 11) is 0. The second-order valence-electron chi connectivity index (χ2n) is 4.98. The van der Waals surface area contributed by atoms with Crippen LogP contribution in [0.25, 0.3) is 0 Å². The van der Waals surface area contributed by atoms with Gasteiger partial charge >= 0.3 is 0 Å². The van der Waals surface area contributed by atoms with E-state index < -0.39 is 0 Å². The Morgan fingerprint density at radius 2 is 2.24 bits per heavy atom. The molecule has 1 aromatic rings. The Kier molecular flexibility index (Phi) is 4.02. The standard InChI is InChI=1S/C14H22N2O/c1-11(15)13-6-2-3-7-14(13)16-8-4-5-12(9-16)10-17/h2-3,6-7,11-12,17H,4-5,8-10,15H2,1H3/t11-,12?/m1/s1. The summed E-state index contributed by atoms with van der Waals surface area (Å²) in [6.07, 6.45) is 2.28. The van der Waals surface area contributed by atoms with Crippen LogP contribution in [-0.4, -0.2) is 24.8 Å². The van der Waals surface area contributed by atoms with Crippen molar-refractivity contribution in [3.05, 3.63) is 29.8 Å². The highest BCUT2D eigenvalue weighted by molar-refractivity contribution is 5.55. The third kappa shape index (κ3) is 2.79. The molecule has 17 heavy (non-hydrogen) atoms. The number of piperidine rings is 1. The van der Waals surface area contributed by atoms with Gasteiger partial charge in [0.25, 0.3) is 0 Å². The monoisotopic (exact) mass is 234 g/mol. The lowest BCUT2D eigenvalue weighted by molar-refractivity contribution is 0.208. The minimum Gasteiger partial charge on any atom is -0.396 e. The van der Waals surface area contributed by atoms with Gasteiger partial charge < -0.3 is 15.7 Å². The molecule has 0 bridgehead atoms. The Hall–Kier alpha value is -1.06. The lowest BCUT2D eigenvalue weighted by atomic mass is 9.97. The van der Waals surface area contributed by atoms with Crippen molar-refractivity contribution in [3.8, 4) is 0 Å². The lowest BCUT2D eigenvalue weighted by Gasteiger charge is -2.35. The average molecular weight is 234 g/mol. The van der Waals surface area contributed by atoms with E-state index in [2.05, 4.69) is 23.1 Å². The zero-order valence-electron chi connectivity index (χ0n) is 10.5. The molecule has 1 saturated heterocycles. The Balaban J connectivity index is 2.21. The normalized spacial score (nSPS) is 22.5. The third-order valence-electron chi connectivity index (χ3n) is 3.55. The van der Waals surface area contributed by atoms with E-state index in [1.54, 1.807) is 0 Å². The lowest BCUT2D eigenvalue weighted by Crippen LogP contribution is -2.37. The molecule has 1 fully saturated rings. The fraction of sp³-hybridized carbons (Fsp3) is 0.571. The van der Waals surface area contributed by atoms with Gasteiger partial charge in [0, 0.05) is 31.4 Å². The largest absolute Gasteiger partial charge is 0.396 e. The maximum atomic E-state index is 9.28. The molecule has 1 aliphatic rings. The van der Waals surface area contributed by atoms with Crippen molar-refractivity contribution in [2.24, 2.45) is 11.7 Å². The Bertz CT molecular complexity index is 365. The first kappa shape index (κ1) is 12.4. The molecule has 0 amide bonds. The first-order valence-corrected chi connectivity index (χ1v) is 6.42. The summed E-state index contributed by atoms with van der Waals surface area (Å²) in [5.41, 5.74) is 8.45. The summed E-state index contributed by atoms with van der Waals surface area (Å²) < 4.78 is 0. The molecule has 3 N–H and O–H groups in total. The summed E-state index contributed by atoms with van der Waals surface area (Å²) in [6, 6.07) is 8.39. The number of anilines is 1. The van der Waals surface area contributed by atoms with Gasteiger partial charge in [-0.25, -0.2) is 0 Å². The fourth-order valence-electron chi connectivity index (χ4n) is 2.59. The smallest absolute Gasteiger partial charge is 0.0476 e. The predicted molar refractivity (Wildman–Crippen MR) is 71.1 cm³/mol. The zero-order valence-corrected chi connectivity index (χ0v) is 10.5. The summed E-state index contributed by atoms with van der Waals surface area (Å²) in [5.74, 6) is 0.407. The van der Waals surface area contributed by atoms with Gasteiger partial charge in [0.05, 0.1) is 0 Å². The first-order valence-electron chi connectivity index (χ1n) is 6.42. The number of hydrogen-bond donors (Lipinski definition) is 2. The number of aliphatic hydroxyl groups excluding tert-OH is 1. The van der Waals surface area contributed by atoms with Gasteiger partial charge in [0.1, 0.15) is 0 Å². The van der Waals surface area contributed by atoms with Gasteiger partial charge in [-0.15, -0.1) is 0 Å². The van der Waals surface area contributed by atoms with Crippen molar-refractivity contribution in [3.63, 3.8) is 0 Å². The molecule has 1 aromatic carbocycles. The minimum absolute atomic E-state index is 0.0562. The van der Waals surface area contributed by atoms with Crippen LogP contribution in [0, 0.1) is 5.92 Å². The maximum Gasteiger partial charge on any atom is 0.0476 e. The number of hydrogen-bond acceptors (Lipinski definition) is 3. The second-order valence-corrected chi connectivity index (χ2v) is 4.98. The average Bonchev–Trinajstić information content (AvgIpc) is 2.39. The van der Waals surface area contributed by atoms with Crippen molar-refractivity contribution < 1.29 is 5.11 Å². The van der Waals surface area contributed by atoms with Crippen LogP contribution < -0.4 is 10.6 Å². The molecule has 1 aliphatic heterocycles. The Labute approximate surface area is 103 Å². The highest BCUT2D eigenvalue weighted by Crippen LogP contribution is 2.28. The second kappa shape index (κ2) is 5.52. The van der Waals surface area contributed by atoms with Crippen molar-refractivity contribution in [2.45, 2.75) is 25.8 Å². The molecule has 3 heteroatoms. The van der Waals surface area contributed by atoms with Crippen LogP contribution in [0.1, 0.15) is 31.4 Å². The van der Waals surface area contributed by atoms with Crippen LogP contribution in [0.5, 0.6) is 0 Å². The van der Waals surface area contributed by atoms with Gasteiger partial charge in [-0.3, -0.25) is 0 Å². The highest BCUT2D eigenvalue weighted by atomic mass is 16.3. The number of rotatable bonds is 3. The molecule has 2 rings (SSSR count). The van der Waals surface area contributed by atoms with Gasteiger partial charge in [0.2, 0.25) is 0 Å². The van der Waals surface area contributed by atoms with Gasteiger partial charge in [0.15, 0.2) is 0 Å². The SMILES string of the molecule is C[C@@H](N)c1ccccc1N1CCCC(CO)C1. The molecule has 0 spiro atoms. The number of para-hydroxylation sites is 1. The van der Waals surface area contributed by atoms with Crippen LogP contribution in [-0.2, 0) is 0 Å². The molecule has 1 unspecified atom stereocenters. The molecule has 2 atom stereocenters. The Morgan fingerprint density at radius 3 is 2.94 bits per heavy atom. The van der Waals surface area contributed by atoms with E-state index in [1.807, 2.05) is 13.0 Å². The van der Waals surface area contributed by atoms with Gasteiger partial charge in [-0.2, -0.15) is 0 Å². The molecule has 0 radical (unpaired) electrons. The summed E-state index contributed by atoms with van der Waals surface area (Å²) in [6.45, 7) is 4.32. The van der Waals surface area contributed by atoms with E-state index in [4.69, 9.17) is 5.73 Å². The molecule has 94 valence electrons. The summed E-state index contributed by atoms with van der Waals surface area (Å²) >= 11 is 0. The number of nitrogens with zero attached hydrogens (tertiary/aromatic N) is 1. The molecule has 0 aliphatic carbocycles. The van der Waals surface area contributed by atoms with E-state index in [0.717, 1.165) is 25.9 Å². The highest BCUT2D eigenvalue weighted by Gasteiger charge is 2.21. The molecule has 3 nitrogen and oxygen atoms in total. The zero-order chi connectivity index (χ0) is 12.3. The van der Waals surface area contributed by atoms with Gasteiger partial charge in [-0.1, -0.05) is 18.2 Å². The molecular weight excluding hydrogens is 212 g/mol. The van der Waals surface area contributed by atoms with Crippen LogP contribution in [0.3, 0.4) is 0 Å². The summed E-state index contributed by atoms with van der Waals surface area (Å²) in [4.78, 5) is 2.36. The predicted octanol–water partition coefficient (Wildman–Crippen LogP) is 1.92. The van der Waals surface area contributed by atoms with Crippen LogP contribution in [0.2, 0.25) is 0 Å². The van der Waals surface area contributed by atoms with E-state index >= 15 is 0 Å². The number of aliphatic hydroxyl groups is 1. The van der Waals surface area contributed by atoms with Crippen LogP contribution in [0.15, 0.2) is 24.3 Å². The third-order valence-corrected chi connectivity index (χ3v) is 3.55. The number of nitrogens with two attached hydrogens (primary N) is 1. The number of benzene rings is 1. The van der Waals surface area contributed by atoms with E-state index in [9.17, 15) is 5.11 Å². The minimum atomic E-state index is 0.0562. The van der Waals surface area contributed by atoms with Crippen LogP contribution >= 0.6 is 0 Å².